The number of likely N-dealkylation sites (tertiary alicyclic amines) is 1. The molecule has 1 aromatic rings. The van der Waals surface area contributed by atoms with E-state index in [0.717, 1.165) is 6.42 Å². The number of amides is 1. The van der Waals surface area contributed by atoms with Gasteiger partial charge in [-0.25, -0.2) is 0 Å². The molecule has 1 heterocycles. The number of carbonyl (C=O) groups excluding carboxylic acids is 1. The highest BCUT2D eigenvalue weighted by molar-refractivity contribution is 9.09. The molecule has 0 radical (unpaired) electrons. The molecule has 2 rings (SSSR count). The molecule has 18 heavy (non-hydrogen) atoms. The molecule has 1 saturated heterocycles. The summed E-state index contributed by atoms with van der Waals surface area (Å²) < 4.78 is 0. The number of carbonyl (C=O) groups is 1. The van der Waals surface area contributed by atoms with Crippen molar-refractivity contribution in [1.29, 1.82) is 0 Å². The monoisotopic (exact) mass is 313 g/mol. The van der Waals surface area contributed by atoms with Gasteiger partial charge in [-0.3, -0.25) is 4.79 Å². The molecule has 1 aliphatic rings. The van der Waals surface area contributed by atoms with Gasteiger partial charge in [0.15, 0.2) is 0 Å². The van der Waals surface area contributed by atoms with Crippen molar-refractivity contribution in [3.8, 4) is 11.5 Å². The van der Waals surface area contributed by atoms with Crippen LogP contribution in [0.15, 0.2) is 18.2 Å². The Balaban J connectivity index is 2.19. The summed E-state index contributed by atoms with van der Waals surface area (Å²) in [5, 5.41) is 19.1. The largest absolute Gasteiger partial charge is 0.508 e. The van der Waals surface area contributed by atoms with Crippen molar-refractivity contribution in [2.24, 2.45) is 5.92 Å². The molecule has 98 valence electrons. The second-order valence-electron chi connectivity index (χ2n) is 4.73. The van der Waals surface area contributed by atoms with Crippen molar-refractivity contribution >= 4 is 21.8 Å². The molecule has 4 nitrogen and oxygen atoms in total. The number of piperidine rings is 1. The van der Waals surface area contributed by atoms with E-state index < -0.39 is 0 Å². The lowest BCUT2D eigenvalue weighted by atomic mass is 9.99. The molecule has 1 amide bonds. The molecule has 1 aliphatic heterocycles. The molecule has 2 N–H and O–H groups in total. The second-order valence-corrected chi connectivity index (χ2v) is 5.91. The number of phenolic OH excluding ortho intramolecular Hbond substituents is 2. The quantitative estimate of drug-likeness (QED) is 0.618. The third-order valence-electron chi connectivity index (χ3n) is 3.30. The molecule has 2 atom stereocenters. The molecule has 0 aromatic heterocycles. The number of rotatable bonds is 1. The summed E-state index contributed by atoms with van der Waals surface area (Å²) in [4.78, 5) is 14.4. The Morgan fingerprint density at radius 3 is 2.83 bits per heavy atom. The number of benzene rings is 1. The van der Waals surface area contributed by atoms with Crippen molar-refractivity contribution in [2.45, 2.75) is 18.2 Å². The topological polar surface area (TPSA) is 60.8 Å². The Bertz CT molecular complexity index is 464. The van der Waals surface area contributed by atoms with Crippen molar-refractivity contribution in [3.05, 3.63) is 23.8 Å². The zero-order valence-electron chi connectivity index (χ0n) is 10.1. The highest BCUT2D eigenvalue weighted by Crippen LogP contribution is 2.28. The number of nitrogens with zero attached hydrogens (tertiary/aromatic N) is 1. The fraction of sp³-hybridized carbons (Fsp3) is 0.462. The number of hydrogen-bond acceptors (Lipinski definition) is 3. The van der Waals surface area contributed by atoms with Crippen LogP contribution in [-0.4, -0.2) is 38.9 Å². The zero-order chi connectivity index (χ0) is 13.3. The zero-order valence-corrected chi connectivity index (χ0v) is 11.7. The van der Waals surface area contributed by atoms with Crippen LogP contribution < -0.4 is 0 Å². The van der Waals surface area contributed by atoms with E-state index in [0.29, 0.717) is 23.8 Å². The summed E-state index contributed by atoms with van der Waals surface area (Å²) in [6.07, 6.45) is 0.895. The number of aromatic hydroxyl groups is 2. The van der Waals surface area contributed by atoms with Gasteiger partial charge in [0.1, 0.15) is 11.5 Å². The maximum atomic E-state index is 12.3. The van der Waals surface area contributed by atoms with E-state index in [9.17, 15) is 15.0 Å². The molecule has 0 spiro atoms. The lowest BCUT2D eigenvalue weighted by Gasteiger charge is -2.34. The first kappa shape index (κ1) is 13.2. The van der Waals surface area contributed by atoms with E-state index in [1.807, 2.05) is 0 Å². The summed E-state index contributed by atoms with van der Waals surface area (Å²) in [5.74, 6) is 0.0443. The Morgan fingerprint density at radius 1 is 1.44 bits per heavy atom. The van der Waals surface area contributed by atoms with Gasteiger partial charge in [-0.15, -0.1) is 0 Å². The summed E-state index contributed by atoms with van der Waals surface area (Å²) in [5.41, 5.74) is 0.162. The summed E-state index contributed by atoms with van der Waals surface area (Å²) in [6.45, 7) is 3.40. The smallest absolute Gasteiger partial charge is 0.257 e. The van der Waals surface area contributed by atoms with Crippen molar-refractivity contribution in [1.82, 2.24) is 4.90 Å². The predicted octanol–water partition coefficient (Wildman–Crippen LogP) is 2.34. The minimum Gasteiger partial charge on any atom is -0.508 e. The Hall–Kier alpha value is -1.23. The Kier molecular flexibility index (Phi) is 3.80. The Labute approximate surface area is 114 Å². The van der Waals surface area contributed by atoms with Gasteiger partial charge in [0.25, 0.3) is 5.91 Å². The lowest BCUT2D eigenvalue weighted by Crippen LogP contribution is -2.43. The highest BCUT2D eigenvalue weighted by Gasteiger charge is 2.28. The van der Waals surface area contributed by atoms with Gasteiger partial charge in [0, 0.05) is 17.9 Å². The highest BCUT2D eigenvalue weighted by atomic mass is 79.9. The van der Waals surface area contributed by atoms with Crippen LogP contribution in [-0.2, 0) is 0 Å². The van der Waals surface area contributed by atoms with Crippen molar-refractivity contribution < 1.29 is 15.0 Å². The van der Waals surface area contributed by atoms with Gasteiger partial charge in [-0.05, 0) is 30.5 Å². The van der Waals surface area contributed by atoms with Crippen LogP contribution in [0.4, 0.5) is 0 Å². The minimum absolute atomic E-state index is 0.0143. The van der Waals surface area contributed by atoms with Crippen LogP contribution in [0.2, 0.25) is 0 Å². The molecule has 0 aliphatic carbocycles. The normalized spacial score (nSPS) is 24.0. The lowest BCUT2D eigenvalue weighted by molar-refractivity contribution is 0.0687. The third-order valence-corrected chi connectivity index (χ3v) is 4.66. The van der Waals surface area contributed by atoms with Crippen molar-refractivity contribution in [3.63, 3.8) is 0 Å². The van der Waals surface area contributed by atoms with E-state index in [1.54, 1.807) is 4.90 Å². The van der Waals surface area contributed by atoms with Crippen LogP contribution in [0.3, 0.4) is 0 Å². The summed E-state index contributed by atoms with van der Waals surface area (Å²) >= 11 is 3.59. The molecule has 1 aromatic carbocycles. The minimum atomic E-state index is -0.227. The van der Waals surface area contributed by atoms with E-state index in [4.69, 9.17) is 0 Å². The SMILES string of the molecule is CC1CN(C(=O)c2cc(O)ccc2O)CCC1Br. The molecular formula is C13H16BrNO3. The van der Waals surface area contributed by atoms with Crippen LogP contribution in [0.5, 0.6) is 11.5 Å². The number of phenols is 2. The molecule has 0 bridgehead atoms. The maximum absolute atomic E-state index is 12.3. The summed E-state index contributed by atoms with van der Waals surface area (Å²) in [7, 11) is 0. The predicted molar refractivity (Wildman–Crippen MR) is 72.2 cm³/mol. The van der Waals surface area contributed by atoms with Crippen molar-refractivity contribution in [2.75, 3.05) is 13.1 Å². The van der Waals surface area contributed by atoms with Crippen LogP contribution in [0.1, 0.15) is 23.7 Å². The molecule has 2 unspecified atom stereocenters. The molecular weight excluding hydrogens is 298 g/mol. The van der Waals surface area contributed by atoms with E-state index in [-0.39, 0.29) is 23.0 Å². The summed E-state index contributed by atoms with van der Waals surface area (Å²) in [6, 6.07) is 4.01. The van der Waals surface area contributed by atoms with Gasteiger partial charge in [-0.1, -0.05) is 22.9 Å². The number of hydrogen-bond donors (Lipinski definition) is 2. The average Bonchev–Trinajstić information content (AvgIpc) is 2.35. The second kappa shape index (κ2) is 5.18. The first-order valence-electron chi connectivity index (χ1n) is 5.94. The maximum Gasteiger partial charge on any atom is 0.257 e. The van der Waals surface area contributed by atoms with Gasteiger partial charge in [-0.2, -0.15) is 0 Å². The van der Waals surface area contributed by atoms with Gasteiger partial charge < -0.3 is 15.1 Å². The van der Waals surface area contributed by atoms with Gasteiger partial charge in [0.2, 0.25) is 0 Å². The molecule has 1 fully saturated rings. The van der Waals surface area contributed by atoms with E-state index in [2.05, 4.69) is 22.9 Å². The number of alkyl halides is 1. The standard InChI is InChI=1S/C13H16BrNO3/c1-8-7-15(5-4-11(8)14)13(18)10-6-9(16)2-3-12(10)17/h2-3,6,8,11,16-17H,4-5,7H2,1H3. The first-order chi connectivity index (χ1) is 8.49. The van der Waals surface area contributed by atoms with E-state index in [1.165, 1.54) is 18.2 Å². The van der Waals surface area contributed by atoms with E-state index >= 15 is 0 Å². The van der Waals surface area contributed by atoms with Crippen LogP contribution in [0.25, 0.3) is 0 Å². The Morgan fingerprint density at radius 2 is 2.17 bits per heavy atom. The fourth-order valence-electron chi connectivity index (χ4n) is 2.17. The fourth-order valence-corrected chi connectivity index (χ4v) is 2.54. The molecule has 0 saturated carbocycles. The number of halogens is 1. The van der Waals surface area contributed by atoms with Gasteiger partial charge in [0.05, 0.1) is 5.56 Å². The van der Waals surface area contributed by atoms with Gasteiger partial charge >= 0.3 is 0 Å². The van der Waals surface area contributed by atoms with Crippen LogP contribution in [0, 0.1) is 5.92 Å². The van der Waals surface area contributed by atoms with Crippen LogP contribution >= 0.6 is 15.9 Å². The average molecular weight is 314 g/mol. The molecule has 5 heteroatoms. The first-order valence-corrected chi connectivity index (χ1v) is 6.86. The third kappa shape index (κ3) is 2.61.